The molecule has 0 spiro atoms. The predicted octanol–water partition coefficient (Wildman–Crippen LogP) is 1.86. The van der Waals surface area contributed by atoms with E-state index in [1.807, 2.05) is 45.6 Å². The molecule has 2 fully saturated rings. The normalized spacial score (nSPS) is 32.1. The van der Waals surface area contributed by atoms with Gasteiger partial charge in [0.15, 0.2) is 0 Å². The van der Waals surface area contributed by atoms with Crippen molar-refractivity contribution in [1.29, 1.82) is 0 Å². The van der Waals surface area contributed by atoms with E-state index < -0.39 is 5.54 Å². The highest BCUT2D eigenvalue weighted by Crippen LogP contribution is 2.57. The topological polar surface area (TPSA) is 82.2 Å². The van der Waals surface area contributed by atoms with Crippen LogP contribution < -0.4 is 11.1 Å². The van der Waals surface area contributed by atoms with E-state index in [2.05, 4.69) is 10.4 Å². The number of fused-ring (bicyclic) bond motifs is 1. The molecular formula is C17H29ClN4O2. The Kier molecular flexibility index (Phi) is 5.06. The van der Waals surface area contributed by atoms with Crippen LogP contribution in [0, 0.1) is 18.3 Å². The fourth-order valence-electron chi connectivity index (χ4n) is 4.37. The minimum Gasteiger partial charge on any atom is -0.377 e. The monoisotopic (exact) mass is 356 g/mol. The highest BCUT2D eigenvalue weighted by atomic mass is 35.5. The summed E-state index contributed by atoms with van der Waals surface area (Å²) in [7, 11) is 1.90. The number of nitrogens with one attached hydrogen (secondary N) is 1. The van der Waals surface area contributed by atoms with Gasteiger partial charge in [-0.15, -0.1) is 12.4 Å². The van der Waals surface area contributed by atoms with Gasteiger partial charge in [0, 0.05) is 36.2 Å². The van der Waals surface area contributed by atoms with Crippen LogP contribution in [0.25, 0.3) is 0 Å². The first-order valence-corrected chi connectivity index (χ1v) is 8.41. The summed E-state index contributed by atoms with van der Waals surface area (Å²) in [6.45, 7) is 8.83. The number of nitrogens with two attached hydrogens (primary N) is 1. The minimum absolute atomic E-state index is 0. The lowest BCUT2D eigenvalue weighted by molar-refractivity contribution is -0.225. The molecule has 1 saturated carbocycles. The Morgan fingerprint density at radius 2 is 2.21 bits per heavy atom. The van der Waals surface area contributed by atoms with Crippen LogP contribution in [0.2, 0.25) is 0 Å². The number of carbonyl (C=O) groups is 1. The van der Waals surface area contributed by atoms with Gasteiger partial charge in [-0.3, -0.25) is 9.48 Å². The number of carbonyl (C=O) groups excluding carboxylic acids is 1. The molecule has 136 valence electrons. The summed E-state index contributed by atoms with van der Waals surface area (Å²) in [6.07, 6.45) is 3.82. The fraction of sp³-hybridized carbons (Fsp3) is 0.765. The summed E-state index contributed by atoms with van der Waals surface area (Å²) in [5.41, 5.74) is 7.49. The van der Waals surface area contributed by atoms with Crippen LogP contribution in [0.3, 0.4) is 0 Å². The second-order valence-electron chi connectivity index (χ2n) is 7.63. The molecule has 1 saturated heterocycles. The average Bonchev–Trinajstić information content (AvgIpc) is 2.86. The van der Waals surface area contributed by atoms with E-state index in [4.69, 9.17) is 10.5 Å². The maximum absolute atomic E-state index is 13.0. The maximum Gasteiger partial charge on any atom is 0.241 e. The first-order valence-electron chi connectivity index (χ1n) is 8.41. The molecule has 2 heterocycles. The summed E-state index contributed by atoms with van der Waals surface area (Å²) >= 11 is 0. The van der Waals surface area contributed by atoms with Crippen LogP contribution in [0.15, 0.2) is 6.20 Å². The van der Waals surface area contributed by atoms with Gasteiger partial charge in [0.2, 0.25) is 5.91 Å². The smallest absolute Gasteiger partial charge is 0.241 e. The Bertz CT molecular complexity index is 630. The van der Waals surface area contributed by atoms with Gasteiger partial charge >= 0.3 is 0 Å². The molecule has 4 unspecified atom stereocenters. The van der Waals surface area contributed by atoms with Crippen molar-refractivity contribution in [3.63, 3.8) is 0 Å². The first kappa shape index (κ1) is 19.2. The van der Waals surface area contributed by atoms with Crippen molar-refractivity contribution in [3.8, 4) is 0 Å². The van der Waals surface area contributed by atoms with Gasteiger partial charge in [-0.2, -0.15) is 5.10 Å². The van der Waals surface area contributed by atoms with Crippen LogP contribution in [-0.2, 0) is 16.6 Å². The molecule has 6 nitrogen and oxygen atoms in total. The number of aromatic nitrogens is 2. The number of halogens is 1. The predicted molar refractivity (Wildman–Crippen MR) is 94.9 cm³/mol. The van der Waals surface area contributed by atoms with E-state index in [0.717, 1.165) is 30.7 Å². The maximum atomic E-state index is 13.0. The van der Waals surface area contributed by atoms with Gasteiger partial charge in [-0.1, -0.05) is 13.8 Å². The van der Waals surface area contributed by atoms with Crippen molar-refractivity contribution in [2.75, 3.05) is 6.61 Å². The molecule has 3 rings (SSSR count). The minimum atomic E-state index is -0.873. The fourth-order valence-corrected chi connectivity index (χ4v) is 4.37. The molecule has 1 aromatic rings. The van der Waals surface area contributed by atoms with Crippen molar-refractivity contribution in [2.24, 2.45) is 24.1 Å². The zero-order valence-corrected chi connectivity index (χ0v) is 15.9. The second-order valence-corrected chi connectivity index (χ2v) is 7.63. The van der Waals surface area contributed by atoms with Crippen LogP contribution in [-0.4, -0.2) is 33.9 Å². The summed E-state index contributed by atoms with van der Waals surface area (Å²) in [6, 6.07) is -0.115. The van der Waals surface area contributed by atoms with E-state index in [9.17, 15) is 4.79 Å². The van der Waals surface area contributed by atoms with Crippen molar-refractivity contribution in [1.82, 2.24) is 15.1 Å². The molecule has 1 aromatic heterocycles. The zero-order valence-electron chi connectivity index (χ0n) is 15.1. The SMILES string of the molecule is Cc1c(C(C)NC(=O)C2(N)C3CCCOC3C2(C)C)cnn1C.Cl. The van der Waals surface area contributed by atoms with Crippen molar-refractivity contribution in [2.45, 2.75) is 58.2 Å². The molecule has 1 aliphatic heterocycles. The molecule has 4 atom stereocenters. The molecule has 0 aromatic carbocycles. The van der Waals surface area contributed by atoms with Crippen LogP contribution in [0.4, 0.5) is 0 Å². The summed E-state index contributed by atoms with van der Waals surface area (Å²) in [4.78, 5) is 13.0. The summed E-state index contributed by atoms with van der Waals surface area (Å²) in [5, 5.41) is 7.36. The Morgan fingerprint density at radius 1 is 1.54 bits per heavy atom. The Morgan fingerprint density at radius 3 is 2.79 bits per heavy atom. The standard InChI is InChI=1S/C17H28N4O2.ClH/c1-10(12-9-19-21(5)11(12)2)20-15(22)17(18)13-7-6-8-23-14(13)16(17,3)4;/h9-10,13-14H,6-8,18H2,1-5H3,(H,20,22);1H. The highest BCUT2D eigenvalue weighted by molar-refractivity contribution is 5.89. The number of amides is 1. The van der Waals surface area contributed by atoms with E-state index in [0.29, 0.717) is 0 Å². The molecule has 3 N–H and O–H groups in total. The van der Waals surface area contributed by atoms with Crippen LogP contribution in [0.5, 0.6) is 0 Å². The lowest BCUT2D eigenvalue weighted by atomic mass is 9.46. The summed E-state index contributed by atoms with van der Waals surface area (Å²) in [5.74, 6) is 0.0263. The number of ether oxygens (including phenoxy) is 1. The van der Waals surface area contributed by atoms with Gasteiger partial charge in [-0.05, 0) is 26.7 Å². The molecule has 0 bridgehead atoms. The van der Waals surface area contributed by atoms with E-state index in [1.54, 1.807) is 0 Å². The van der Waals surface area contributed by atoms with Crippen LogP contribution in [0.1, 0.15) is 50.9 Å². The first-order chi connectivity index (χ1) is 10.7. The van der Waals surface area contributed by atoms with Gasteiger partial charge in [0.1, 0.15) is 5.54 Å². The molecule has 1 amide bonds. The Labute approximate surface area is 149 Å². The third kappa shape index (κ3) is 2.47. The van der Waals surface area contributed by atoms with E-state index in [-0.39, 0.29) is 41.8 Å². The third-order valence-electron chi connectivity index (χ3n) is 6.15. The van der Waals surface area contributed by atoms with Crippen LogP contribution >= 0.6 is 12.4 Å². The van der Waals surface area contributed by atoms with Gasteiger partial charge in [0.25, 0.3) is 0 Å². The highest BCUT2D eigenvalue weighted by Gasteiger charge is 2.70. The van der Waals surface area contributed by atoms with Gasteiger partial charge in [0.05, 0.1) is 18.3 Å². The lowest BCUT2D eigenvalue weighted by Crippen LogP contribution is -2.82. The molecule has 0 radical (unpaired) electrons. The largest absolute Gasteiger partial charge is 0.377 e. The van der Waals surface area contributed by atoms with Gasteiger partial charge < -0.3 is 15.8 Å². The lowest BCUT2D eigenvalue weighted by Gasteiger charge is -2.65. The third-order valence-corrected chi connectivity index (χ3v) is 6.15. The molecule has 24 heavy (non-hydrogen) atoms. The summed E-state index contributed by atoms with van der Waals surface area (Å²) < 4.78 is 7.69. The molecule has 7 heteroatoms. The van der Waals surface area contributed by atoms with Crippen molar-refractivity contribution in [3.05, 3.63) is 17.5 Å². The number of hydrogen-bond donors (Lipinski definition) is 2. The van der Waals surface area contributed by atoms with E-state index in [1.165, 1.54) is 0 Å². The molecular weight excluding hydrogens is 328 g/mol. The Balaban J connectivity index is 0.00000208. The quantitative estimate of drug-likeness (QED) is 0.866. The van der Waals surface area contributed by atoms with E-state index >= 15 is 0 Å². The Hall–Kier alpha value is -1.11. The molecule has 2 aliphatic rings. The van der Waals surface area contributed by atoms with Gasteiger partial charge in [-0.25, -0.2) is 0 Å². The average molecular weight is 357 g/mol. The number of aryl methyl sites for hydroxylation is 1. The number of nitrogens with zero attached hydrogens (tertiary/aromatic N) is 2. The molecule has 1 aliphatic carbocycles. The second kappa shape index (κ2) is 6.32. The number of hydrogen-bond acceptors (Lipinski definition) is 4. The zero-order chi connectivity index (χ0) is 17.0. The van der Waals surface area contributed by atoms with Crippen molar-refractivity contribution < 1.29 is 9.53 Å². The number of rotatable bonds is 3. The van der Waals surface area contributed by atoms with Crippen molar-refractivity contribution >= 4 is 18.3 Å².